The van der Waals surface area contributed by atoms with Gasteiger partial charge in [0.25, 0.3) is 5.91 Å². The number of hydrogen-bond donors (Lipinski definition) is 1. The van der Waals surface area contributed by atoms with Crippen LogP contribution >= 0.6 is 39.1 Å². The minimum atomic E-state index is -0.671. The highest BCUT2D eigenvalue weighted by molar-refractivity contribution is 9.10. The van der Waals surface area contributed by atoms with Gasteiger partial charge in [-0.3, -0.25) is 9.59 Å². The number of aryl methyl sites for hydroxylation is 1. The van der Waals surface area contributed by atoms with Crippen molar-refractivity contribution < 1.29 is 14.3 Å². The van der Waals surface area contributed by atoms with Crippen molar-refractivity contribution >= 4 is 50.9 Å². The standard InChI is InChI=1S/C21H23BrCl2N2O3/c1-4-19(21(28)25-3)26(11-15-17(23)6-5-7-18(15)24)20(27)12-29-14-8-9-16(22)13(2)10-14/h5-10,19H,4,11-12H2,1-3H3,(H,25,28)/t19-/m1/s1. The van der Waals surface area contributed by atoms with Crippen LogP contribution in [0.15, 0.2) is 40.9 Å². The topological polar surface area (TPSA) is 58.6 Å². The Bertz CT molecular complexity index is 872. The van der Waals surface area contributed by atoms with Crippen molar-refractivity contribution in [1.82, 2.24) is 10.2 Å². The molecule has 0 fully saturated rings. The van der Waals surface area contributed by atoms with Gasteiger partial charge in [-0.2, -0.15) is 0 Å². The summed E-state index contributed by atoms with van der Waals surface area (Å²) >= 11 is 16.0. The lowest BCUT2D eigenvalue weighted by molar-refractivity contribution is -0.142. The monoisotopic (exact) mass is 500 g/mol. The first-order valence-corrected chi connectivity index (χ1v) is 10.7. The van der Waals surface area contributed by atoms with Crippen molar-refractivity contribution in [3.05, 3.63) is 62.0 Å². The zero-order chi connectivity index (χ0) is 21.6. The molecule has 0 unspecified atom stereocenters. The fraction of sp³-hybridized carbons (Fsp3) is 0.333. The fourth-order valence-electron chi connectivity index (χ4n) is 2.87. The second-order valence-corrected chi connectivity index (χ2v) is 8.13. The molecule has 2 rings (SSSR count). The van der Waals surface area contributed by atoms with Crippen LogP contribution in [0.4, 0.5) is 0 Å². The molecule has 0 heterocycles. The number of carbonyl (C=O) groups is 2. The number of hydrogen-bond acceptors (Lipinski definition) is 3. The van der Waals surface area contributed by atoms with Gasteiger partial charge in [0, 0.05) is 33.7 Å². The van der Waals surface area contributed by atoms with Gasteiger partial charge in [0.15, 0.2) is 6.61 Å². The molecule has 0 radical (unpaired) electrons. The SMILES string of the molecule is CC[C@H](C(=O)NC)N(Cc1c(Cl)cccc1Cl)C(=O)COc1ccc(Br)c(C)c1. The zero-order valence-electron chi connectivity index (χ0n) is 16.5. The summed E-state index contributed by atoms with van der Waals surface area (Å²) in [5.74, 6) is -0.0247. The number of carbonyl (C=O) groups excluding carboxylic acids is 2. The first-order chi connectivity index (χ1) is 13.8. The van der Waals surface area contributed by atoms with Gasteiger partial charge in [0.1, 0.15) is 11.8 Å². The molecule has 2 aromatic rings. The molecule has 5 nitrogen and oxygen atoms in total. The van der Waals surface area contributed by atoms with E-state index >= 15 is 0 Å². The Morgan fingerprint density at radius 2 is 1.86 bits per heavy atom. The minimum Gasteiger partial charge on any atom is -0.484 e. The predicted molar refractivity (Wildman–Crippen MR) is 120 cm³/mol. The van der Waals surface area contributed by atoms with Gasteiger partial charge in [-0.1, -0.05) is 52.1 Å². The van der Waals surface area contributed by atoms with Crippen LogP contribution in [-0.2, 0) is 16.1 Å². The van der Waals surface area contributed by atoms with Crippen LogP contribution < -0.4 is 10.1 Å². The van der Waals surface area contributed by atoms with Gasteiger partial charge in [0.05, 0.1) is 0 Å². The molecule has 156 valence electrons. The molecular weight excluding hydrogens is 479 g/mol. The lowest BCUT2D eigenvalue weighted by atomic mass is 10.1. The molecule has 0 bridgehead atoms. The van der Waals surface area contributed by atoms with Gasteiger partial charge in [-0.05, 0) is 49.2 Å². The average Bonchev–Trinajstić information content (AvgIpc) is 2.70. The maximum absolute atomic E-state index is 13.0. The molecule has 0 aliphatic carbocycles. The van der Waals surface area contributed by atoms with Crippen molar-refractivity contribution in [2.75, 3.05) is 13.7 Å². The molecule has 8 heteroatoms. The van der Waals surface area contributed by atoms with Crippen LogP contribution in [0.3, 0.4) is 0 Å². The van der Waals surface area contributed by atoms with Crippen LogP contribution in [0.1, 0.15) is 24.5 Å². The molecule has 29 heavy (non-hydrogen) atoms. The van der Waals surface area contributed by atoms with Crippen LogP contribution in [0.5, 0.6) is 5.75 Å². The van der Waals surface area contributed by atoms with Crippen LogP contribution in [0.25, 0.3) is 0 Å². The summed E-state index contributed by atoms with van der Waals surface area (Å²) in [6.45, 7) is 3.67. The third kappa shape index (κ3) is 6.11. The second kappa shape index (κ2) is 10.9. The predicted octanol–water partition coefficient (Wildman–Crippen LogP) is 5.00. The van der Waals surface area contributed by atoms with Crippen molar-refractivity contribution in [2.24, 2.45) is 0 Å². The summed E-state index contributed by atoms with van der Waals surface area (Å²) in [4.78, 5) is 26.9. The molecule has 0 aliphatic heterocycles. The summed E-state index contributed by atoms with van der Waals surface area (Å²) in [6, 6.07) is 9.93. The van der Waals surface area contributed by atoms with E-state index in [1.807, 2.05) is 26.0 Å². The first-order valence-electron chi connectivity index (χ1n) is 9.11. The van der Waals surface area contributed by atoms with E-state index in [2.05, 4.69) is 21.2 Å². The Balaban J connectivity index is 2.26. The quantitative estimate of drug-likeness (QED) is 0.553. The molecule has 0 saturated carbocycles. The smallest absolute Gasteiger partial charge is 0.261 e. The molecule has 1 atom stereocenters. The number of halogens is 3. The van der Waals surface area contributed by atoms with E-state index in [1.165, 1.54) is 11.9 Å². The van der Waals surface area contributed by atoms with Crippen molar-refractivity contribution in [3.8, 4) is 5.75 Å². The Hall–Kier alpha value is -1.76. The molecule has 2 aromatic carbocycles. The Kier molecular flexibility index (Phi) is 8.80. The maximum Gasteiger partial charge on any atom is 0.261 e. The largest absolute Gasteiger partial charge is 0.484 e. The van der Waals surface area contributed by atoms with Crippen LogP contribution in [0, 0.1) is 6.92 Å². The van der Waals surface area contributed by atoms with Crippen molar-refractivity contribution in [3.63, 3.8) is 0 Å². The van der Waals surface area contributed by atoms with E-state index in [0.717, 1.165) is 10.0 Å². The summed E-state index contributed by atoms with van der Waals surface area (Å²) in [5.41, 5.74) is 1.58. The van der Waals surface area contributed by atoms with Crippen LogP contribution in [0.2, 0.25) is 10.0 Å². The van der Waals surface area contributed by atoms with Gasteiger partial charge >= 0.3 is 0 Å². The highest BCUT2D eigenvalue weighted by Crippen LogP contribution is 2.27. The van der Waals surface area contributed by atoms with E-state index in [4.69, 9.17) is 27.9 Å². The average molecular weight is 502 g/mol. The van der Waals surface area contributed by atoms with Crippen molar-refractivity contribution in [2.45, 2.75) is 32.9 Å². The molecule has 2 amide bonds. The van der Waals surface area contributed by atoms with Crippen molar-refractivity contribution in [1.29, 1.82) is 0 Å². The van der Waals surface area contributed by atoms with Gasteiger partial charge < -0.3 is 15.0 Å². The van der Waals surface area contributed by atoms with Gasteiger partial charge in [-0.15, -0.1) is 0 Å². The number of amides is 2. The number of nitrogens with zero attached hydrogens (tertiary/aromatic N) is 1. The third-order valence-electron chi connectivity index (χ3n) is 4.51. The lowest BCUT2D eigenvalue weighted by Crippen LogP contribution is -2.49. The van der Waals surface area contributed by atoms with Gasteiger partial charge in [-0.25, -0.2) is 0 Å². The normalized spacial score (nSPS) is 11.7. The highest BCUT2D eigenvalue weighted by Gasteiger charge is 2.29. The molecule has 0 aromatic heterocycles. The number of nitrogens with one attached hydrogen (secondary N) is 1. The number of rotatable bonds is 8. The van der Waals surface area contributed by atoms with E-state index in [9.17, 15) is 9.59 Å². The van der Waals surface area contributed by atoms with E-state index in [-0.39, 0.29) is 25.0 Å². The summed E-state index contributed by atoms with van der Waals surface area (Å²) in [6.07, 6.45) is 0.435. The molecule has 0 spiro atoms. The van der Waals surface area contributed by atoms with E-state index in [1.54, 1.807) is 24.3 Å². The zero-order valence-corrected chi connectivity index (χ0v) is 19.6. The second-order valence-electron chi connectivity index (χ2n) is 6.46. The van der Waals surface area contributed by atoms with Gasteiger partial charge in [0.2, 0.25) is 5.91 Å². The summed E-state index contributed by atoms with van der Waals surface area (Å²) in [7, 11) is 1.54. The van der Waals surface area contributed by atoms with E-state index in [0.29, 0.717) is 27.8 Å². The molecular formula is C21H23BrCl2N2O3. The molecule has 1 N–H and O–H groups in total. The summed E-state index contributed by atoms with van der Waals surface area (Å²) in [5, 5.41) is 3.48. The highest BCUT2D eigenvalue weighted by atomic mass is 79.9. The third-order valence-corrected chi connectivity index (χ3v) is 6.11. The Morgan fingerprint density at radius 3 is 2.41 bits per heavy atom. The maximum atomic E-state index is 13.0. The minimum absolute atomic E-state index is 0.103. The fourth-order valence-corrected chi connectivity index (χ4v) is 3.64. The Labute approximate surface area is 189 Å². The summed E-state index contributed by atoms with van der Waals surface area (Å²) < 4.78 is 6.64. The molecule has 0 saturated heterocycles. The number of benzene rings is 2. The van der Waals surface area contributed by atoms with E-state index < -0.39 is 6.04 Å². The molecule has 0 aliphatic rings. The number of ether oxygens (including phenoxy) is 1. The Morgan fingerprint density at radius 1 is 1.21 bits per heavy atom. The lowest BCUT2D eigenvalue weighted by Gasteiger charge is -2.30. The van der Waals surface area contributed by atoms with Crippen LogP contribution in [-0.4, -0.2) is 36.4 Å². The number of likely N-dealkylation sites (N-methyl/N-ethyl adjacent to an activating group) is 1. The first kappa shape index (κ1) is 23.5.